The van der Waals surface area contributed by atoms with Crippen molar-refractivity contribution in [3.8, 4) is 0 Å². The summed E-state index contributed by atoms with van der Waals surface area (Å²) in [6.45, 7) is 14.7. The van der Waals surface area contributed by atoms with Gasteiger partial charge in [0.25, 0.3) is 0 Å². The van der Waals surface area contributed by atoms with Crippen LogP contribution in [0.25, 0.3) is 0 Å². The summed E-state index contributed by atoms with van der Waals surface area (Å²) in [4.78, 5) is 10.7. The van der Waals surface area contributed by atoms with Gasteiger partial charge < -0.3 is 0 Å². The summed E-state index contributed by atoms with van der Waals surface area (Å²) in [5.41, 5.74) is 3.76. The van der Waals surface area contributed by atoms with Gasteiger partial charge in [0.05, 0.1) is 0 Å². The van der Waals surface area contributed by atoms with E-state index in [0.717, 1.165) is 12.0 Å². The minimum Gasteiger partial charge on any atom is -0.295 e. The summed E-state index contributed by atoms with van der Waals surface area (Å²) in [6, 6.07) is 0. The number of hydrogen-bond donors (Lipinski definition) is 0. The number of allylic oxidation sites excluding steroid dienone is 3. The topological polar surface area (TPSA) is 17.1 Å². The van der Waals surface area contributed by atoms with Crippen LogP contribution in [0, 0.1) is 0 Å². The molecule has 0 N–H and O–H groups in total. The van der Waals surface area contributed by atoms with Gasteiger partial charge in [-0.2, -0.15) is 0 Å². The van der Waals surface area contributed by atoms with Crippen LogP contribution in [0.15, 0.2) is 29.5 Å². The maximum Gasteiger partial charge on any atom is 0.156 e. The molecule has 0 amide bonds. The molecule has 0 bridgehead atoms. The van der Waals surface area contributed by atoms with Crippen LogP contribution < -0.4 is 0 Å². The molecule has 2 heteroatoms. The van der Waals surface area contributed by atoms with Gasteiger partial charge in [-0.1, -0.05) is 80.1 Å². The molecule has 0 aromatic rings. The van der Waals surface area contributed by atoms with Crippen LogP contribution in [0.2, 0.25) is 0 Å². The zero-order valence-corrected chi connectivity index (χ0v) is 18.9. The van der Waals surface area contributed by atoms with E-state index in [-0.39, 0.29) is 29.7 Å². The van der Waals surface area contributed by atoms with Crippen LogP contribution >= 0.6 is 0 Å². The first-order valence-electron chi connectivity index (χ1n) is 8.66. The second-order valence-corrected chi connectivity index (χ2v) is 4.99. The quantitative estimate of drug-likeness (QED) is 0.372. The number of Topliss-reactive ketones (excluding diaryl/α,β-unsaturated/α-hetero) is 1. The van der Waals surface area contributed by atoms with Gasteiger partial charge in [-0.25, -0.2) is 0 Å². The van der Waals surface area contributed by atoms with Gasteiger partial charge in [0.1, 0.15) is 0 Å². The average Bonchev–Trinajstić information content (AvgIpc) is 2.56. The number of hydrogen-bond acceptors (Lipinski definition) is 1. The van der Waals surface area contributed by atoms with Crippen molar-refractivity contribution in [1.29, 1.82) is 0 Å². The molecular weight excluding hydrogens is 375 g/mol. The van der Waals surface area contributed by atoms with Crippen LogP contribution in [0.1, 0.15) is 93.4 Å². The van der Waals surface area contributed by atoms with E-state index in [4.69, 9.17) is 0 Å². The van der Waals surface area contributed by atoms with E-state index >= 15 is 0 Å². The number of ketones is 1. The molecule has 0 heterocycles. The van der Waals surface area contributed by atoms with Gasteiger partial charge >= 0.3 is 0 Å². The second-order valence-electron chi connectivity index (χ2n) is 4.99. The molecule has 1 aliphatic carbocycles. The zero-order valence-electron chi connectivity index (χ0n) is 16.1. The molecule has 128 valence electrons. The molecule has 1 nitrogen and oxygen atoms in total. The first-order chi connectivity index (χ1) is 10.0. The molecule has 0 spiro atoms. The molecule has 4 radical (unpaired) electrons. The van der Waals surface area contributed by atoms with Gasteiger partial charge in [-0.3, -0.25) is 4.79 Å². The Kier molecular flexibility index (Phi) is 38.9. The van der Waals surface area contributed by atoms with E-state index in [2.05, 4.69) is 47.3 Å². The molecule has 0 saturated carbocycles. The third-order valence-electron chi connectivity index (χ3n) is 2.77. The van der Waals surface area contributed by atoms with Gasteiger partial charge in [-0.05, 0) is 30.7 Å². The molecule has 0 atom stereocenters. The predicted octanol–water partition coefficient (Wildman–Crippen LogP) is 6.66. The summed E-state index contributed by atoms with van der Waals surface area (Å²) in [7, 11) is 0. The van der Waals surface area contributed by atoms with Gasteiger partial charge in [0.2, 0.25) is 0 Å². The monoisotopic (exact) mass is 414 g/mol. The van der Waals surface area contributed by atoms with Crippen molar-refractivity contribution in [2.24, 2.45) is 0 Å². The van der Waals surface area contributed by atoms with Gasteiger partial charge in [-0.15, -0.1) is 5.73 Å². The number of rotatable bonds is 4. The molecule has 0 saturated heterocycles. The van der Waals surface area contributed by atoms with Crippen LogP contribution in [0.3, 0.4) is 0 Å². The normalized spacial score (nSPS) is 10.4. The van der Waals surface area contributed by atoms with Crippen molar-refractivity contribution < 1.29 is 4.79 Å². The molecule has 1 rings (SSSR count). The Hall–Kier alpha value is -0.271. The Morgan fingerprint density at radius 2 is 1.27 bits per heavy atom. The summed E-state index contributed by atoms with van der Waals surface area (Å²) in [6.07, 6.45) is 14.1. The minimum absolute atomic E-state index is 0. The third-order valence-corrected chi connectivity index (χ3v) is 2.77. The molecule has 0 aliphatic heterocycles. The van der Waals surface area contributed by atoms with E-state index < -0.39 is 0 Å². The molecular formula is C20H38OSn. The van der Waals surface area contributed by atoms with Crippen LogP contribution in [0.4, 0.5) is 0 Å². The van der Waals surface area contributed by atoms with E-state index in [9.17, 15) is 4.79 Å². The minimum atomic E-state index is 0. The standard InChI is InChI=1S/C8H8O.3C4H10.Sn/c1-7(9)8-5-3-2-4-6-8;3*1-3-4-2;/h3-5H,6H2,1H3;3*3-4H2,1-2H3;. The van der Waals surface area contributed by atoms with Crippen molar-refractivity contribution in [3.63, 3.8) is 0 Å². The van der Waals surface area contributed by atoms with Crippen molar-refractivity contribution in [2.45, 2.75) is 93.4 Å². The van der Waals surface area contributed by atoms with Crippen molar-refractivity contribution in [2.75, 3.05) is 0 Å². The summed E-state index contributed by atoms with van der Waals surface area (Å²) in [5, 5.41) is 0. The summed E-state index contributed by atoms with van der Waals surface area (Å²) < 4.78 is 0. The maximum atomic E-state index is 10.7. The van der Waals surface area contributed by atoms with Crippen LogP contribution in [-0.4, -0.2) is 29.7 Å². The number of carbonyl (C=O) groups excluding carboxylic acids is 1. The SMILES string of the molecule is CC(=O)C1=CC=C=CC1.CCCC.CCCC.CCCC.[Sn]. The van der Waals surface area contributed by atoms with Crippen molar-refractivity contribution in [3.05, 3.63) is 29.5 Å². The average molecular weight is 413 g/mol. The molecule has 22 heavy (non-hydrogen) atoms. The number of carbonyl (C=O) groups is 1. The van der Waals surface area contributed by atoms with E-state index in [1.807, 2.05) is 12.2 Å². The van der Waals surface area contributed by atoms with E-state index in [0.29, 0.717) is 0 Å². The number of unbranched alkanes of at least 4 members (excludes halogenated alkanes) is 3. The Morgan fingerprint density at radius 1 is 0.909 bits per heavy atom. The summed E-state index contributed by atoms with van der Waals surface area (Å²) in [5.74, 6) is 0.156. The smallest absolute Gasteiger partial charge is 0.156 e. The van der Waals surface area contributed by atoms with E-state index in [1.165, 1.54) is 38.5 Å². The Labute approximate surface area is 157 Å². The molecule has 0 aromatic carbocycles. The summed E-state index contributed by atoms with van der Waals surface area (Å²) >= 11 is 0. The molecule has 0 aromatic heterocycles. The first-order valence-corrected chi connectivity index (χ1v) is 8.66. The Morgan fingerprint density at radius 3 is 1.41 bits per heavy atom. The van der Waals surface area contributed by atoms with Gasteiger partial charge in [0, 0.05) is 30.3 Å². The molecule has 0 unspecified atom stereocenters. The fourth-order valence-corrected chi connectivity index (χ4v) is 0.715. The third kappa shape index (κ3) is 31.9. The fourth-order valence-electron chi connectivity index (χ4n) is 0.715. The fraction of sp³-hybridized carbons (Fsp3) is 0.700. The predicted molar refractivity (Wildman–Crippen MR) is 104 cm³/mol. The first kappa shape index (κ1) is 29.7. The molecule has 1 aliphatic rings. The zero-order chi connectivity index (χ0) is 16.9. The van der Waals surface area contributed by atoms with E-state index in [1.54, 1.807) is 13.0 Å². The maximum absolute atomic E-state index is 10.7. The van der Waals surface area contributed by atoms with Crippen molar-refractivity contribution in [1.82, 2.24) is 0 Å². The van der Waals surface area contributed by atoms with Crippen LogP contribution in [0.5, 0.6) is 0 Å². The second kappa shape index (κ2) is 28.8. The largest absolute Gasteiger partial charge is 0.295 e. The van der Waals surface area contributed by atoms with Gasteiger partial charge in [0.15, 0.2) is 5.78 Å². The van der Waals surface area contributed by atoms with Crippen LogP contribution in [-0.2, 0) is 4.79 Å². The molecule has 0 fully saturated rings. The Bertz CT molecular complexity index is 281. The Balaban J connectivity index is -0.000000107. The van der Waals surface area contributed by atoms with Crippen molar-refractivity contribution >= 4 is 29.7 Å².